The SMILES string of the molecule is Cn1cc(CNC(=O)c2csc3nc(-c4ccccc4F)cn23)cn1. The summed E-state index contributed by atoms with van der Waals surface area (Å²) in [7, 11) is 1.82. The minimum atomic E-state index is -0.337. The number of imidazole rings is 1. The number of amides is 1. The molecule has 0 atom stereocenters. The summed E-state index contributed by atoms with van der Waals surface area (Å²) in [6.45, 7) is 0.388. The molecule has 0 saturated heterocycles. The Hall–Kier alpha value is -3.00. The van der Waals surface area contributed by atoms with Crippen molar-refractivity contribution in [2.75, 3.05) is 0 Å². The molecular weight excluding hydrogens is 341 g/mol. The number of rotatable bonds is 4. The summed E-state index contributed by atoms with van der Waals surface area (Å²) in [5.74, 6) is -0.552. The number of aromatic nitrogens is 4. The van der Waals surface area contributed by atoms with E-state index in [9.17, 15) is 9.18 Å². The third kappa shape index (κ3) is 2.91. The average molecular weight is 355 g/mol. The summed E-state index contributed by atoms with van der Waals surface area (Å²) in [5, 5.41) is 8.67. The summed E-state index contributed by atoms with van der Waals surface area (Å²) in [4.78, 5) is 17.5. The smallest absolute Gasteiger partial charge is 0.269 e. The highest BCUT2D eigenvalue weighted by Crippen LogP contribution is 2.25. The Balaban J connectivity index is 1.60. The highest BCUT2D eigenvalue weighted by molar-refractivity contribution is 7.15. The van der Waals surface area contributed by atoms with Gasteiger partial charge in [-0.1, -0.05) is 12.1 Å². The van der Waals surface area contributed by atoms with Crippen LogP contribution in [0.1, 0.15) is 16.1 Å². The van der Waals surface area contributed by atoms with Crippen LogP contribution in [0.4, 0.5) is 4.39 Å². The zero-order valence-corrected chi connectivity index (χ0v) is 14.1. The van der Waals surface area contributed by atoms with Crippen molar-refractivity contribution in [2.24, 2.45) is 7.05 Å². The Morgan fingerprint density at radius 1 is 1.32 bits per heavy atom. The van der Waals surface area contributed by atoms with Crippen molar-refractivity contribution in [3.05, 3.63) is 65.3 Å². The summed E-state index contributed by atoms with van der Waals surface area (Å²) >= 11 is 1.34. The van der Waals surface area contributed by atoms with Gasteiger partial charge < -0.3 is 5.32 Å². The number of benzene rings is 1. The standard InChI is InChI=1S/C17H14FN5OS/c1-22-8-11(7-20-22)6-19-16(24)15-10-25-17-21-14(9-23(15)17)12-4-2-3-5-13(12)18/h2-5,7-10H,6H2,1H3,(H,19,24). The van der Waals surface area contributed by atoms with E-state index in [1.165, 1.54) is 17.4 Å². The second kappa shape index (κ2) is 6.14. The Bertz CT molecular complexity index is 1060. The van der Waals surface area contributed by atoms with E-state index in [0.29, 0.717) is 28.5 Å². The van der Waals surface area contributed by atoms with Gasteiger partial charge in [-0.05, 0) is 12.1 Å². The number of carbonyl (C=O) groups excluding carboxylic acids is 1. The number of halogens is 1. The van der Waals surface area contributed by atoms with Gasteiger partial charge in [0.2, 0.25) is 0 Å². The van der Waals surface area contributed by atoms with Crippen LogP contribution >= 0.6 is 11.3 Å². The van der Waals surface area contributed by atoms with Gasteiger partial charge in [-0.15, -0.1) is 11.3 Å². The van der Waals surface area contributed by atoms with E-state index in [4.69, 9.17) is 0 Å². The number of hydrogen-bond acceptors (Lipinski definition) is 4. The van der Waals surface area contributed by atoms with Gasteiger partial charge in [0.25, 0.3) is 5.91 Å². The number of hydrogen-bond donors (Lipinski definition) is 1. The highest BCUT2D eigenvalue weighted by atomic mass is 32.1. The second-order valence-corrected chi connectivity index (χ2v) is 6.42. The van der Waals surface area contributed by atoms with Crippen LogP contribution in [0.2, 0.25) is 0 Å². The first-order chi connectivity index (χ1) is 12.1. The molecule has 0 fully saturated rings. The highest BCUT2D eigenvalue weighted by Gasteiger charge is 2.16. The van der Waals surface area contributed by atoms with Crippen molar-refractivity contribution in [2.45, 2.75) is 6.54 Å². The van der Waals surface area contributed by atoms with Crippen molar-refractivity contribution in [3.63, 3.8) is 0 Å². The van der Waals surface area contributed by atoms with Crippen molar-refractivity contribution < 1.29 is 9.18 Å². The lowest BCUT2D eigenvalue weighted by Gasteiger charge is -2.02. The normalized spacial score (nSPS) is 11.1. The molecule has 4 rings (SSSR count). The van der Waals surface area contributed by atoms with Crippen molar-refractivity contribution in [3.8, 4) is 11.3 Å². The van der Waals surface area contributed by atoms with Crippen LogP contribution in [-0.4, -0.2) is 25.1 Å². The lowest BCUT2D eigenvalue weighted by Crippen LogP contribution is -2.23. The molecule has 1 amide bonds. The van der Waals surface area contributed by atoms with Crippen LogP contribution < -0.4 is 5.32 Å². The van der Waals surface area contributed by atoms with Gasteiger partial charge in [-0.3, -0.25) is 13.9 Å². The van der Waals surface area contributed by atoms with Gasteiger partial charge in [0.15, 0.2) is 4.96 Å². The molecule has 4 aromatic rings. The van der Waals surface area contributed by atoms with E-state index in [1.54, 1.807) is 45.1 Å². The topological polar surface area (TPSA) is 64.2 Å². The van der Waals surface area contributed by atoms with E-state index in [2.05, 4.69) is 15.4 Å². The first-order valence-corrected chi connectivity index (χ1v) is 8.47. The van der Waals surface area contributed by atoms with E-state index >= 15 is 0 Å². The number of nitrogens with zero attached hydrogens (tertiary/aromatic N) is 4. The van der Waals surface area contributed by atoms with Crippen LogP contribution in [0.25, 0.3) is 16.2 Å². The largest absolute Gasteiger partial charge is 0.347 e. The Morgan fingerprint density at radius 3 is 2.92 bits per heavy atom. The molecule has 3 heterocycles. The van der Waals surface area contributed by atoms with Gasteiger partial charge in [0.1, 0.15) is 11.5 Å². The van der Waals surface area contributed by atoms with E-state index in [-0.39, 0.29) is 11.7 Å². The number of aryl methyl sites for hydroxylation is 1. The fourth-order valence-corrected chi connectivity index (χ4v) is 3.44. The first-order valence-electron chi connectivity index (χ1n) is 7.59. The van der Waals surface area contributed by atoms with Crippen LogP contribution in [-0.2, 0) is 13.6 Å². The molecule has 0 spiro atoms. The lowest BCUT2D eigenvalue weighted by atomic mass is 10.1. The monoisotopic (exact) mass is 355 g/mol. The van der Waals surface area contributed by atoms with Gasteiger partial charge >= 0.3 is 0 Å². The molecule has 25 heavy (non-hydrogen) atoms. The van der Waals surface area contributed by atoms with E-state index in [1.807, 2.05) is 13.2 Å². The van der Waals surface area contributed by atoms with Crippen molar-refractivity contribution >= 4 is 22.2 Å². The summed E-state index contributed by atoms with van der Waals surface area (Å²) in [5.41, 5.74) is 2.31. The Morgan fingerprint density at radius 2 is 2.16 bits per heavy atom. The number of nitrogens with one attached hydrogen (secondary N) is 1. The molecule has 0 unspecified atom stereocenters. The number of fused-ring (bicyclic) bond motifs is 1. The Labute approximate surface area is 146 Å². The lowest BCUT2D eigenvalue weighted by molar-refractivity contribution is 0.0945. The summed E-state index contributed by atoms with van der Waals surface area (Å²) in [6.07, 6.45) is 5.23. The molecule has 0 bridgehead atoms. The van der Waals surface area contributed by atoms with Gasteiger partial charge in [0, 0.05) is 42.5 Å². The zero-order chi connectivity index (χ0) is 17.4. The average Bonchev–Trinajstić information content (AvgIpc) is 3.28. The molecule has 6 nitrogen and oxygen atoms in total. The minimum absolute atomic E-state index is 0.215. The predicted octanol–water partition coefficient (Wildman–Crippen LogP) is 2.87. The van der Waals surface area contributed by atoms with Crippen molar-refractivity contribution in [1.29, 1.82) is 0 Å². The third-order valence-electron chi connectivity index (χ3n) is 3.80. The van der Waals surface area contributed by atoms with Gasteiger partial charge in [-0.25, -0.2) is 9.37 Å². The molecule has 126 valence electrons. The quantitative estimate of drug-likeness (QED) is 0.612. The molecule has 0 radical (unpaired) electrons. The van der Waals surface area contributed by atoms with Crippen molar-refractivity contribution in [1.82, 2.24) is 24.5 Å². The summed E-state index contributed by atoms with van der Waals surface area (Å²) in [6, 6.07) is 6.45. The molecule has 0 aliphatic heterocycles. The first kappa shape index (κ1) is 15.5. The van der Waals surface area contributed by atoms with E-state index < -0.39 is 0 Å². The van der Waals surface area contributed by atoms with Crippen LogP contribution in [0.3, 0.4) is 0 Å². The molecule has 3 aromatic heterocycles. The number of carbonyl (C=O) groups is 1. The minimum Gasteiger partial charge on any atom is -0.347 e. The van der Waals surface area contributed by atoms with Crippen LogP contribution in [0.5, 0.6) is 0 Å². The zero-order valence-electron chi connectivity index (χ0n) is 13.3. The molecule has 1 N–H and O–H groups in total. The fraction of sp³-hybridized carbons (Fsp3) is 0.118. The summed E-state index contributed by atoms with van der Waals surface area (Å²) < 4.78 is 17.3. The third-order valence-corrected chi connectivity index (χ3v) is 4.64. The maximum Gasteiger partial charge on any atom is 0.269 e. The maximum absolute atomic E-state index is 13.9. The molecule has 0 saturated carbocycles. The van der Waals surface area contributed by atoms with Crippen LogP contribution in [0, 0.1) is 5.82 Å². The molecule has 8 heteroatoms. The van der Waals surface area contributed by atoms with E-state index in [0.717, 1.165) is 5.56 Å². The Kier molecular flexibility index (Phi) is 3.81. The van der Waals surface area contributed by atoms with Crippen LogP contribution in [0.15, 0.2) is 48.2 Å². The molecule has 1 aromatic carbocycles. The second-order valence-electron chi connectivity index (χ2n) is 5.58. The van der Waals surface area contributed by atoms with Gasteiger partial charge in [0.05, 0.1) is 11.9 Å². The molecular formula is C17H14FN5OS. The molecule has 0 aliphatic carbocycles. The van der Waals surface area contributed by atoms with Gasteiger partial charge in [-0.2, -0.15) is 5.10 Å². The predicted molar refractivity (Wildman–Crippen MR) is 92.8 cm³/mol. The maximum atomic E-state index is 13.9. The number of thiazole rings is 1. The molecule has 0 aliphatic rings. The fourth-order valence-electron chi connectivity index (χ4n) is 2.58.